The van der Waals surface area contributed by atoms with E-state index in [-0.39, 0.29) is 18.6 Å². The number of amides is 2. The molecule has 0 radical (unpaired) electrons. The van der Waals surface area contributed by atoms with E-state index in [9.17, 15) is 9.59 Å². The Morgan fingerprint density at radius 3 is 2.55 bits per heavy atom. The molecule has 1 aromatic rings. The highest BCUT2D eigenvalue weighted by molar-refractivity contribution is 5.97. The van der Waals surface area contributed by atoms with Gasteiger partial charge < -0.3 is 20.1 Å². The van der Waals surface area contributed by atoms with Crippen molar-refractivity contribution in [2.24, 2.45) is 5.92 Å². The Balaban J connectivity index is 1.66. The summed E-state index contributed by atoms with van der Waals surface area (Å²) in [6.07, 6.45) is 1.08. The summed E-state index contributed by atoms with van der Waals surface area (Å²) in [4.78, 5) is 24.3. The molecule has 22 heavy (non-hydrogen) atoms. The molecule has 2 aliphatic rings. The Labute approximate surface area is 129 Å². The van der Waals surface area contributed by atoms with E-state index in [0.717, 1.165) is 5.56 Å². The lowest BCUT2D eigenvalue weighted by molar-refractivity contribution is -0.137. The molecule has 0 aliphatic carbocycles. The van der Waals surface area contributed by atoms with Crippen molar-refractivity contribution in [1.29, 1.82) is 0 Å². The molecule has 6 nitrogen and oxygen atoms in total. The van der Waals surface area contributed by atoms with Crippen molar-refractivity contribution in [1.82, 2.24) is 10.6 Å². The van der Waals surface area contributed by atoms with Crippen LogP contribution in [0.3, 0.4) is 0 Å². The molecular weight excluding hydrogens is 284 g/mol. The largest absolute Gasteiger partial charge is 0.454 e. The van der Waals surface area contributed by atoms with Crippen LogP contribution in [0, 0.1) is 5.92 Å². The zero-order valence-electron chi connectivity index (χ0n) is 12.7. The molecule has 0 bridgehead atoms. The van der Waals surface area contributed by atoms with Gasteiger partial charge in [-0.25, -0.2) is 0 Å². The van der Waals surface area contributed by atoms with Gasteiger partial charge in [-0.05, 0) is 30.0 Å². The molecule has 2 amide bonds. The second-order valence-corrected chi connectivity index (χ2v) is 6.14. The third-order valence-electron chi connectivity index (χ3n) is 3.85. The van der Waals surface area contributed by atoms with Crippen LogP contribution in [0.5, 0.6) is 11.5 Å². The minimum atomic E-state index is -0.545. The van der Waals surface area contributed by atoms with Crippen LogP contribution in [0.15, 0.2) is 18.2 Å². The van der Waals surface area contributed by atoms with Crippen molar-refractivity contribution in [3.05, 3.63) is 23.8 Å². The quantitative estimate of drug-likeness (QED) is 0.869. The number of nitrogens with one attached hydrogen (secondary N) is 2. The average Bonchev–Trinajstić information content (AvgIpc) is 2.91. The van der Waals surface area contributed by atoms with Crippen molar-refractivity contribution < 1.29 is 19.1 Å². The van der Waals surface area contributed by atoms with Gasteiger partial charge in [0.15, 0.2) is 11.5 Å². The third kappa shape index (κ3) is 3.00. The Morgan fingerprint density at radius 2 is 1.77 bits per heavy atom. The van der Waals surface area contributed by atoms with Crippen molar-refractivity contribution >= 4 is 11.8 Å². The second-order valence-electron chi connectivity index (χ2n) is 6.14. The molecule has 118 valence electrons. The number of carbonyl (C=O) groups is 2. The summed E-state index contributed by atoms with van der Waals surface area (Å²) in [6, 6.07) is 4.58. The van der Waals surface area contributed by atoms with Gasteiger partial charge in [-0.15, -0.1) is 0 Å². The summed E-state index contributed by atoms with van der Waals surface area (Å²) in [5, 5.41) is 5.63. The van der Waals surface area contributed by atoms with Crippen molar-refractivity contribution in [3.8, 4) is 11.5 Å². The molecule has 2 N–H and O–H groups in total. The van der Waals surface area contributed by atoms with E-state index in [4.69, 9.17) is 9.47 Å². The van der Waals surface area contributed by atoms with Gasteiger partial charge in [-0.1, -0.05) is 19.9 Å². The van der Waals surface area contributed by atoms with Gasteiger partial charge in [-0.3, -0.25) is 9.59 Å². The highest BCUT2D eigenvalue weighted by Crippen LogP contribution is 2.32. The summed E-state index contributed by atoms with van der Waals surface area (Å²) in [5.74, 6) is 1.49. The summed E-state index contributed by atoms with van der Waals surface area (Å²) < 4.78 is 10.6. The molecule has 2 atom stereocenters. The molecule has 2 heterocycles. The minimum Gasteiger partial charge on any atom is -0.454 e. The number of rotatable bonds is 4. The maximum Gasteiger partial charge on any atom is 0.243 e. The Kier molecular flexibility index (Phi) is 3.92. The van der Waals surface area contributed by atoms with Crippen LogP contribution in [-0.4, -0.2) is 30.7 Å². The van der Waals surface area contributed by atoms with E-state index in [1.807, 2.05) is 32.0 Å². The predicted octanol–water partition coefficient (Wildman–Crippen LogP) is 0.987. The van der Waals surface area contributed by atoms with Gasteiger partial charge in [0, 0.05) is 6.42 Å². The van der Waals surface area contributed by atoms with E-state index in [1.54, 1.807) is 0 Å². The summed E-state index contributed by atoms with van der Waals surface area (Å²) in [6.45, 7) is 4.27. The standard InChI is InChI=1S/C16H20N2O4/c1-9(2)5-11-15(19)18-12(16(20)17-11)6-10-3-4-13-14(7-10)22-8-21-13/h3-4,7,9,11-12H,5-6,8H2,1-2H3,(H,17,20)(H,18,19)/t11-,12-/m1/s1. The first kappa shape index (κ1) is 14.7. The topological polar surface area (TPSA) is 76.7 Å². The van der Waals surface area contributed by atoms with Gasteiger partial charge in [0.2, 0.25) is 18.6 Å². The first-order valence-corrected chi connectivity index (χ1v) is 7.52. The van der Waals surface area contributed by atoms with Crippen molar-refractivity contribution in [3.63, 3.8) is 0 Å². The SMILES string of the molecule is CC(C)C[C@H]1NC(=O)[C@@H](Cc2ccc3c(c2)OCO3)NC1=O. The molecule has 6 heteroatoms. The van der Waals surface area contributed by atoms with Gasteiger partial charge in [0.05, 0.1) is 0 Å². The van der Waals surface area contributed by atoms with Crippen LogP contribution in [0.25, 0.3) is 0 Å². The zero-order valence-corrected chi connectivity index (χ0v) is 12.7. The molecule has 0 spiro atoms. The molecular formula is C16H20N2O4. The van der Waals surface area contributed by atoms with Gasteiger partial charge in [0.1, 0.15) is 12.1 Å². The van der Waals surface area contributed by atoms with E-state index in [1.165, 1.54) is 0 Å². The number of hydrogen-bond acceptors (Lipinski definition) is 4. The van der Waals surface area contributed by atoms with E-state index in [2.05, 4.69) is 10.6 Å². The molecule has 2 aliphatic heterocycles. The van der Waals surface area contributed by atoms with Gasteiger partial charge >= 0.3 is 0 Å². The lowest BCUT2D eigenvalue weighted by Crippen LogP contribution is -2.62. The highest BCUT2D eigenvalue weighted by atomic mass is 16.7. The van der Waals surface area contributed by atoms with E-state index >= 15 is 0 Å². The smallest absolute Gasteiger partial charge is 0.243 e. The number of hydrogen-bond donors (Lipinski definition) is 2. The van der Waals surface area contributed by atoms with Crippen LogP contribution in [0.1, 0.15) is 25.8 Å². The fourth-order valence-electron chi connectivity index (χ4n) is 2.76. The highest BCUT2D eigenvalue weighted by Gasteiger charge is 2.33. The Bertz CT molecular complexity index is 600. The molecule has 1 aromatic carbocycles. The average molecular weight is 304 g/mol. The molecule has 0 unspecified atom stereocenters. The number of benzene rings is 1. The Morgan fingerprint density at radius 1 is 1.09 bits per heavy atom. The summed E-state index contributed by atoms with van der Waals surface area (Å²) in [7, 11) is 0. The van der Waals surface area contributed by atoms with Crippen LogP contribution >= 0.6 is 0 Å². The molecule has 3 rings (SSSR count). The molecule has 1 saturated heterocycles. The Hall–Kier alpha value is -2.24. The van der Waals surface area contributed by atoms with E-state index in [0.29, 0.717) is 30.3 Å². The lowest BCUT2D eigenvalue weighted by atomic mass is 9.97. The third-order valence-corrected chi connectivity index (χ3v) is 3.85. The maximum absolute atomic E-state index is 12.2. The van der Waals surface area contributed by atoms with Crippen molar-refractivity contribution in [2.75, 3.05) is 6.79 Å². The van der Waals surface area contributed by atoms with Crippen LogP contribution in [-0.2, 0) is 16.0 Å². The van der Waals surface area contributed by atoms with Gasteiger partial charge in [-0.2, -0.15) is 0 Å². The number of piperazine rings is 1. The summed E-state index contributed by atoms with van der Waals surface area (Å²) >= 11 is 0. The van der Waals surface area contributed by atoms with Crippen LogP contribution in [0.4, 0.5) is 0 Å². The van der Waals surface area contributed by atoms with Gasteiger partial charge in [0.25, 0.3) is 0 Å². The van der Waals surface area contributed by atoms with Crippen molar-refractivity contribution in [2.45, 2.75) is 38.8 Å². The minimum absolute atomic E-state index is 0.112. The molecule has 0 saturated carbocycles. The monoisotopic (exact) mass is 304 g/mol. The van der Waals surface area contributed by atoms with Crippen LogP contribution in [0.2, 0.25) is 0 Å². The van der Waals surface area contributed by atoms with Crippen LogP contribution < -0.4 is 20.1 Å². The zero-order chi connectivity index (χ0) is 15.7. The number of ether oxygens (including phenoxy) is 2. The summed E-state index contributed by atoms with van der Waals surface area (Å²) in [5.41, 5.74) is 0.923. The number of fused-ring (bicyclic) bond motifs is 1. The molecule has 0 aromatic heterocycles. The predicted molar refractivity (Wildman–Crippen MR) is 79.6 cm³/mol. The van der Waals surface area contributed by atoms with E-state index < -0.39 is 12.1 Å². The fraction of sp³-hybridized carbons (Fsp3) is 0.500. The first-order valence-electron chi connectivity index (χ1n) is 7.52. The normalized spacial score (nSPS) is 23.4. The first-order chi connectivity index (χ1) is 10.5. The second kappa shape index (κ2) is 5.87. The lowest BCUT2D eigenvalue weighted by Gasteiger charge is -2.30. The number of carbonyl (C=O) groups excluding carboxylic acids is 2. The molecule has 1 fully saturated rings. The maximum atomic E-state index is 12.2. The fourth-order valence-corrected chi connectivity index (χ4v) is 2.76.